The van der Waals surface area contributed by atoms with Crippen molar-refractivity contribution in [2.24, 2.45) is 5.73 Å². The van der Waals surface area contributed by atoms with E-state index in [1.165, 1.54) is 36.0 Å². The lowest BCUT2D eigenvalue weighted by molar-refractivity contribution is 0.1000. The van der Waals surface area contributed by atoms with Crippen molar-refractivity contribution in [1.82, 2.24) is 9.88 Å². The number of benzene rings is 1. The molecule has 1 amide bonds. The van der Waals surface area contributed by atoms with Crippen LogP contribution >= 0.6 is 0 Å². The Morgan fingerprint density at radius 3 is 2.59 bits per heavy atom. The minimum Gasteiger partial charge on any atom is -0.496 e. The molecular formula is C21H26N4O2. The number of hydrogen-bond acceptors (Lipinski definition) is 5. The summed E-state index contributed by atoms with van der Waals surface area (Å²) >= 11 is 0. The highest BCUT2D eigenvalue weighted by molar-refractivity contribution is 5.93. The summed E-state index contributed by atoms with van der Waals surface area (Å²) in [6.45, 7) is 4.55. The average molecular weight is 366 g/mol. The molecule has 0 atom stereocenters. The molecule has 1 saturated heterocycles. The van der Waals surface area contributed by atoms with Crippen LogP contribution in [0.3, 0.4) is 0 Å². The van der Waals surface area contributed by atoms with Crippen molar-refractivity contribution < 1.29 is 9.53 Å². The Balaban J connectivity index is 1.42. The van der Waals surface area contributed by atoms with E-state index in [0.29, 0.717) is 5.56 Å². The van der Waals surface area contributed by atoms with Gasteiger partial charge in [-0.15, -0.1) is 0 Å². The van der Waals surface area contributed by atoms with E-state index in [-0.39, 0.29) is 0 Å². The van der Waals surface area contributed by atoms with Crippen LogP contribution in [0.2, 0.25) is 0 Å². The number of pyridine rings is 1. The molecule has 0 bridgehead atoms. The fourth-order valence-electron chi connectivity index (χ4n) is 4.09. The minimum absolute atomic E-state index is 0.416. The van der Waals surface area contributed by atoms with Crippen LogP contribution in [0.1, 0.15) is 33.5 Å². The molecule has 1 aliphatic heterocycles. The van der Waals surface area contributed by atoms with Gasteiger partial charge >= 0.3 is 0 Å². The third-order valence-corrected chi connectivity index (χ3v) is 5.62. The zero-order valence-corrected chi connectivity index (χ0v) is 15.8. The maximum absolute atomic E-state index is 11.4. The van der Waals surface area contributed by atoms with Crippen LogP contribution in [0.4, 0.5) is 5.82 Å². The van der Waals surface area contributed by atoms with Crippen LogP contribution in [0.25, 0.3) is 0 Å². The first-order valence-electron chi connectivity index (χ1n) is 9.56. The maximum Gasteiger partial charge on any atom is 0.248 e. The molecule has 6 nitrogen and oxygen atoms in total. The second kappa shape index (κ2) is 7.56. The number of hydrogen-bond donors (Lipinski definition) is 1. The third kappa shape index (κ3) is 3.76. The molecule has 1 fully saturated rings. The van der Waals surface area contributed by atoms with Crippen LogP contribution in [0.5, 0.6) is 5.75 Å². The normalized spacial score (nSPS) is 17.0. The molecule has 6 heteroatoms. The van der Waals surface area contributed by atoms with Gasteiger partial charge in [0, 0.05) is 50.0 Å². The quantitative estimate of drug-likeness (QED) is 0.876. The largest absolute Gasteiger partial charge is 0.496 e. The Morgan fingerprint density at radius 2 is 1.89 bits per heavy atom. The number of amides is 1. The van der Waals surface area contributed by atoms with E-state index >= 15 is 0 Å². The van der Waals surface area contributed by atoms with E-state index in [4.69, 9.17) is 10.5 Å². The number of fused-ring (bicyclic) bond motifs is 1. The summed E-state index contributed by atoms with van der Waals surface area (Å²) in [7, 11) is 1.76. The van der Waals surface area contributed by atoms with Crippen LogP contribution < -0.4 is 15.4 Å². The van der Waals surface area contributed by atoms with Crippen molar-refractivity contribution in [1.29, 1.82) is 0 Å². The van der Waals surface area contributed by atoms with Gasteiger partial charge in [0.05, 0.1) is 7.11 Å². The van der Waals surface area contributed by atoms with Crippen LogP contribution in [-0.4, -0.2) is 49.1 Å². The van der Waals surface area contributed by atoms with E-state index in [1.54, 1.807) is 25.4 Å². The maximum atomic E-state index is 11.4. The third-order valence-electron chi connectivity index (χ3n) is 5.62. The molecule has 0 unspecified atom stereocenters. The summed E-state index contributed by atoms with van der Waals surface area (Å²) in [6, 6.07) is 8.00. The summed E-state index contributed by atoms with van der Waals surface area (Å²) in [5, 5.41) is 0. The van der Waals surface area contributed by atoms with E-state index in [0.717, 1.165) is 44.3 Å². The van der Waals surface area contributed by atoms with Gasteiger partial charge in [-0.3, -0.25) is 9.69 Å². The fourth-order valence-corrected chi connectivity index (χ4v) is 4.09. The fraction of sp³-hybridized carbons (Fsp3) is 0.429. The molecule has 4 rings (SSSR count). The molecule has 2 N–H and O–H groups in total. The Bertz CT molecular complexity index is 844. The summed E-state index contributed by atoms with van der Waals surface area (Å²) < 4.78 is 5.65. The highest BCUT2D eigenvalue weighted by atomic mass is 16.5. The highest BCUT2D eigenvalue weighted by Gasteiger charge is 2.21. The number of aryl methyl sites for hydroxylation is 2. The Morgan fingerprint density at radius 1 is 1.15 bits per heavy atom. The van der Waals surface area contributed by atoms with Crippen molar-refractivity contribution in [3.63, 3.8) is 0 Å². The SMILES string of the molecule is COc1cc2c(cc1CN1CCN(c3cc(C(N)=O)ccn3)CC1)CCC2. The van der Waals surface area contributed by atoms with Crippen LogP contribution in [0.15, 0.2) is 30.5 Å². The highest BCUT2D eigenvalue weighted by Crippen LogP contribution is 2.31. The second-order valence-corrected chi connectivity index (χ2v) is 7.32. The van der Waals surface area contributed by atoms with E-state index in [2.05, 4.69) is 26.9 Å². The number of rotatable bonds is 5. The first-order chi connectivity index (χ1) is 13.1. The number of ether oxygens (including phenoxy) is 1. The number of methoxy groups -OCH3 is 1. The molecule has 142 valence electrons. The predicted molar refractivity (Wildman–Crippen MR) is 105 cm³/mol. The monoisotopic (exact) mass is 366 g/mol. The smallest absolute Gasteiger partial charge is 0.248 e. The lowest BCUT2D eigenvalue weighted by Gasteiger charge is -2.35. The zero-order chi connectivity index (χ0) is 18.8. The van der Waals surface area contributed by atoms with E-state index < -0.39 is 5.91 Å². The van der Waals surface area contributed by atoms with E-state index in [1.807, 2.05) is 0 Å². The predicted octanol–water partition coefficient (Wildman–Crippen LogP) is 2.00. The van der Waals surface area contributed by atoms with Gasteiger partial charge in [-0.2, -0.15) is 0 Å². The van der Waals surface area contributed by atoms with Crippen molar-refractivity contribution in [2.75, 3.05) is 38.2 Å². The summed E-state index contributed by atoms with van der Waals surface area (Å²) in [5.41, 5.74) is 10.1. The Kier molecular flexibility index (Phi) is 4.99. The number of nitrogens with zero attached hydrogens (tertiary/aromatic N) is 3. The summed E-state index contributed by atoms with van der Waals surface area (Å²) in [6.07, 6.45) is 5.25. The minimum atomic E-state index is -0.416. The number of primary amides is 1. The number of nitrogens with two attached hydrogens (primary N) is 1. The average Bonchev–Trinajstić information content (AvgIpc) is 3.15. The zero-order valence-electron chi connectivity index (χ0n) is 15.8. The Labute approximate surface area is 159 Å². The van der Waals surface area contributed by atoms with Gasteiger partial charge in [0.15, 0.2) is 0 Å². The van der Waals surface area contributed by atoms with Gasteiger partial charge in [-0.25, -0.2) is 4.98 Å². The molecule has 0 saturated carbocycles. The standard InChI is InChI=1S/C21H26N4O2/c1-27-19-12-16-4-2-3-15(16)11-18(19)14-24-7-9-25(10-8-24)20-13-17(21(22)26)5-6-23-20/h5-6,11-13H,2-4,7-10,14H2,1H3,(H2,22,26). The molecule has 1 aromatic heterocycles. The molecule has 1 aliphatic carbocycles. The van der Waals surface area contributed by atoms with Gasteiger partial charge in [0.1, 0.15) is 11.6 Å². The van der Waals surface area contributed by atoms with Crippen LogP contribution in [0, 0.1) is 0 Å². The molecule has 2 heterocycles. The topological polar surface area (TPSA) is 71.7 Å². The lowest BCUT2D eigenvalue weighted by atomic mass is 10.0. The molecule has 1 aromatic carbocycles. The van der Waals surface area contributed by atoms with Crippen molar-refractivity contribution in [2.45, 2.75) is 25.8 Å². The van der Waals surface area contributed by atoms with Crippen molar-refractivity contribution >= 4 is 11.7 Å². The van der Waals surface area contributed by atoms with Crippen molar-refractivity contribution in [3.8, 4) is 5.75 Å². The molecule has 0 radical (unpaired) electrons. The molecule has 0 spiro atoms. The van der Waals surface area contributed by atoms with Crippen LogP contribution in [-0.2, 0) is 19.4 Å². The number of piperazine rings is 1. The number of carbonyl (C=O) groups excluding carboxylic acids is 1. The summed E-state index contributed by atoms with van der Waals surface area (Å²) in [5.74, 6) is 1.41. The first-order valence-corrected chi connectivity index (χ1v) is 9.56. The Hall–Kier alpha value is -2.60. The van der Waals surface area contributed by atoms with Crippen molar-refractivity contribution in [3.05, 3.63) is 52.7 Å². The van der Waals surface area contributed by atoms with E-state index in [9.17, 15) is 4.79 Å². The van der Waals surface area contributed by atoms with Gasteiger partial charge in [0.25, 0.3) is 0 Å². The molecule has 27 heavy (non-hydrogen) atoms. The van der Waals surface area contributed by atoms with Gasteiger partial charge < -0.3 is 15.4 Å². The molecule has 2 aliphatic rings. The number of anilines is 1. The van der Waals surface area contributed by atoms with Gasteiger partial charge in [-0.05, 0) is 48.6 Å². The number of aromatic nitrogens is 1. The van der Waals surface area contributed by atoms with Gasteiger partial charge in [-0.1, -0.05) is 6.07 Å². The second-order valence-electron chi connectivity index (χ2n) is 7.32. The molecular weight excluding hydrogens is 340 g/mol. The number of carbonyl (C=O) groups is 1. The summed E-state index contributed by atoms with van der Waals surface area (Å²) in [4.78, 5) is 20.5. The first kappa shape index (κ1) is 17.8. The van der Waals surface area contributed by atoms with Gasteiger partial charge in [0.2, 0.25) is 5.91 Å². The lowest BCUT2D eigenvalue weighted by Crippen LogP contribution is -2.46. The molecule has 2 aromatic rings.